The van der Waals surface area contributed by atoms with Crippen molar-refractivity contribution in [2.45, 2.75) is 39.5 Å². The minimum Gasteiger partial charge on any atom is -0.420 e. The van der Waals surface area contributed by atoms with Gasteiger partial charge in [0.1, 0.15) is 6.07 Å². The fourth-order valence-corrected chi connectivity index (χ4v) is 2.63. The second-order valence-electron chi connectivity index (χ2n) is 4.80. The molecule has 2 rings (SSSR count). The molecule has 0 amide bonds. The lowest BCUT2D eigenvalue weighted by Crippen LogP contribution is -2.24. The van der Waals surface area contributed by atoms with Gasteiger partial charge in [-0.1, -0.05) is 26.7 Å². The molecule has 0 radical (unpaired) electrons. The number of fused-ring (bicyclic) bond motifs is 1. The maximum Gasteiger partial charge on any atom is 0.243 e. The molecule has 1 aliphatic heterocycles. The molecule has 18 heavy (non-hydrogen) atoms. The summed E-state index contributed by atoms with van der Waals surface area (Å²) < 4.78 is 5.41. The van der Waals surface area contributed by atoms with Crippen molar-refractivity contribution in [3.05, 3.63) is 22.7 Å². The van der Waals surface area contributed by atoms with Crippen molar-refractivity contribution in [3.8, 4) is 11.9 Å². The molecule has 2 atom stereocenters. The fourth-order valence-electron chi connectivity index (χ4n) is 2.63. The molecule has 0 unspecified atom stereocenters. The molecule has 0 saturated carbocycles. The standard InChI is InChI=1S/C13H18N4O/c1-4-5-7(2)10-9(6-14)12(15)18-13-11(10)8(3)16-17-13/h7,10H,4-5,15H2,1-3H3,(H,16,17)/t7-,10-/m1/s1. The summed E-state index contributed by atoms with van der Waals surface area (Å²) in [7, 11) is 0. The van der Waals surface area contributed by atoms with E-state index in [1.807, 2.05) is 6.92 Å². The van der Waals surface area contributed by atoms with Crippen molar-refractivity contribution in [1.82, 2.24) is 10.2 Å². The summed E-state index contributed by atoms with van der Waals surface area (Å²) >= 11 is 0. The van der Waals surface area contributed by atoms with Gasteiger partial charge in [0, 0.05) is 17.2 Å². The average molecular weight is 246 g/mol. The van der Waals surface area contributed by atoms with Crippen LogP contribution in [0.4, 0.5) is 0 Å². The molecule has 0 aliphatic carbocycles. The second-order valence-corrected chi connectivity index (χ2v) is 4.80. The average Bonchev–Trinajstić information content (AvgIpc) is 2.69. The van der Waals surface area contributed by atoms with Gasteiger partial charge in [-0.2, -0.15) is 5.26 Å². The van der Waals surface area contributed by atoms with Crippen LogP contribution in [-0.2, 0) is 0 Å². The Morgan fingerprint density at radius 3 is 2.94 bits per heavy atom. The number of ether oxygens (including phenoxy) is 1. The number of allylic oxidation sites excluding steroid dienone is 1. The first-order valence-corrected chi connectivity index (χ1v) is 6.22. The number of aromatic nitrogens is 2. The number of H-pyrrole nitrogens is 1. The molecular weight excluding hydrogens is 228 g/mol. The minimum atomic E-state index is -0.0163. The van der Waals surface area contributed by atoms with Crippen LogP contribution in [0.2, 0.25) is 0 Å². The van der Waals surface area contributed by atoms with Crippen LogP contribution in [0.3, 0.4) is 0 Å². The number of aromatic amines is 1. The maximum absolute atomic E-state index is 9.30. The molecule has 1 aromatic rings. The quantitative estimate of drug-likeness (QED) is 0.856. The van der Waals surface area contributed by atoms with Crippen molar-refractivity contribution >= 4 is 0 Å². The highest BCUT2D eigenvalue weighted by Gasteiger charge is 2.35. The lowest BCUT2D eigenvalue weighted by molar-refractivity contribution is 0.349. The predicted molar refractivity (Wildman–Crippen MR) is 67.6 cm³/mol. The second kappa shape index (κ2) is 4.73. The zero-order chi connectivity index (χ0) is 13.3. The SMILES string of the molecule is CCC[C@@H](C)[C@@H]1C(C#N)=C(N)Oc2n[nH]c(C)c21. The highest BCUT2D eigenvalue weighted by atomic mass is 16.5. The zero-order valence-corrected chi connectivity index (χ0v) is 10.9. The van der Waals surface area contributed by atoms with E-state index in [9.17, 15) is 5.26 Å². The number of nitriles is 1. The van der Waals surface area contributed by atoms with E-state index in [1.54, 1.807) is 0 Å². The molecule has 0 bridgehead atoms. The van der Waals surface area contributed by atoms with Crippen molar-refractivity contribution in [3.63, 3.8) is 0 Å². The molecule has 96 valence electrons. The number of hydrogen-bond acceptors (Lipinski definition) is 4. The molecule has 1 aromatic heterocycles. The Hall–Kier alpha value is -1.96. The Morgan fingerprint density at radius 1 is 1.61 bits per heavy atom. The molecule has 2 heterocycles. The Morgan fingerprint density at radius 2 is 2.33 bits per heavy atom. The van der Waals surface area contributed by atoms with Gasteiger partial charge in [0.25, 0.3) is 0 Å². The van der Waals surface area contributed by atoms with Crippen LogP contribution in [0.1, 0.15) is 43.9 Å². The smallest absolute Gasteiger partial charge is 0.243 e. The third-order valence-electron chi connectivity index (χ3n) is 3.49. The van der Waals surface area contributed by atoms with E-state index < -0.39 is 0 Å². The van der Waals surface area contributed by atoms with E-state index in [2.05, 4.69) is 30.1 Å². The van der Waals surface area contributed by atoms with Crippen molar-refractivity contribution in [2.75, 3.05) is 0 Å². The summed E-state index contributed by atoms with van der Waals surface area (Å²) in [5.74, 6) is 1.01. The Balaban J connectivity index is 2.51. The molecule has 0 fully saturated rings. The number of nitrogens with two attached hydrogens (primary N) is 1. The number of hydrogen-bond donors (Lipinski definition) is 2. The molecular formula is C13H18N4O. The van der Waals surface area contributed by atoms with Gasteiger partial charge in [-0.25, -0.2) is 0 Å². The predicted octanol–water partition coefficient (Wildman–Crippen LogP) is 2.32. The van der Waals surface area contributed by atoms with Crippen LogP contribution in [0.25, 0.3) is 0 Å². The van der Waals surface area contributed by atoms with Crippen LogP contribution in [0.15, 0.2) is 11.5 Å². The van der Waals surface area contributed by atoms with Crippen LogP contribution in [0.5, 0.6) is 5.88 Å². The number of nitrogens with one attached hydrogen (secondary N) is 1. The van der Waals surface area contributed by atoms with E-state index in [0.717, 1.165) is 24.1 Å². The summed E-state index contributed by atoms with van der Waals surface area (Å²) in [5.41, 5.74) is 8.26. The van der Waals surface area contributed by atoms with Crippen LogP contribution >= 0.6 is 0 Å². The molecule has 0 saturated heterocycles. The summed E-state index contributed by atoms with van der Waals surface area (Å²) in [6.45, 7) is 6.22. The van der Waals surface area contributed by atoms with Gasteiger partial charge in [0.2, 0.25) is 11.8 Å². The van der Waals surface area contributed by atoms with Gasteiger partial charge in [-0.15, -0.1) is 5.10 Å². The topological polar surface area (TPSA) is 87.7 Å². The highest BCUT2D eigenvalue weighted by Crippen LogP contribution is 2.43. The number of nitrogens with zero attached hydrogens (tertiary/aromatic N) is 2. The van der Waals surface area contributed by atoms with Gasteiger partial charge in [0.05, 0.1) is 5.57 Å². The molecule has 5 heteroatoms. The van der Waals surface area contributed by atoms with Crippen LogP contribution in [0, 0.1) is 24.2 Å². The molecule has 0 spiro atoms. The van der Waals surface area contributed by atoms with Gasteiger partial charge >= 0.3 is 0 Å². The zero-order valence-electron chi connectivity index (χ0n) is 10.9. The summed E-state index contributed by atoms with van der Waals surface area (Å²) in [5, 5.41) is 16.3. The first-order valence-electron chi connectivity index (χ1n) is 6.22. The van der Waals surface area contributed by atoms with E-state index >= 15 is 0 Å². The van der Waals surface area contributed by atoms with Gasteiger partial charge in [-0.05, 0) is 12.8 Å². The van der Waals surface area contributed by atoms with Crippen molar-refractivity contribution in [2.24, 2.45) is 11.7 Å². The number of aryl methyl sites for hydroxylation is 1. The van der Waals surface area contributed by atoms with Gasteiger partial charge in [-0.3, -0.25) is 5.10 Å². The third kappa shape index (κ3) is 1.84. The summed E-state index contributed by atoms with van der Waals surface area (Å²) in [4.78, 5) is 0. The Kier molecular flexibility index (Phi) is 3.28. The third-order valence-corrected chi connectivity index (χ3v) is 3.49. The monoisotopic (exact) mass is 246 g/mol. The van der Waals surface area contributed by atoms with Crippen LogP contribution < -0.4 is 10.5 Å². The summed E-state index contributed by atoms with van der Waals surface area (Å²) in [6, 6.07) is 2.19. The molecule has 0 aromatic carbocycles. The minimum absolute atomic E-state index is 0.0163. The van der Waals surface area contributed by atoms with Crippen molar-refractivity contribution in [1.29, 1.82) is 5.26 Å². The lowest BCUT2D eigenvalue weighted by Gasteiger charge is -2.27. The van der Waals surface area contributed by atoms with Crippen molar-refractivity contribution < 1.29 is 4.74 Å². The van der Waals surface area contributed by atoms with Gasteiger partial charge < -0.3 is 10.5 Å². The van der Waals surface area contributed by atoms with E-state index in [4.69, 9.17) is 10.5 Å². The first-order chi connectivity index (χ1) is 8.60. The van der Waals surface area contributed by atoms with E-state index in [0.29, 0.717) is 17.4 Å². The normalized spacial score (nSPS) is 20.0. The fraction of sp³-hybridized carbons (Fsp3) is 0.538. The van der Waals surface area contributed by atoms with E-state index in [1.165, 1.54) is 0 Å². The number of rotatable bonds is 3. The highest BCUT2D eigenvalue weighted by molar-refractivity contribution is 5.49. The largest absolute Gasteiger partial charge is 0.420 e. The Bertz CT molecular complexity index is 524. The molecule has 1 aliphatic rings. The molecule has 3 N–H and O–H groups in total. The van der Waals surface area contributed by atoms with E-state index in [-0.39, 0.29) is 11.8 Å². The first kappa shape index (κ1) is 12.5. The Labute approximate surface area is 107 Å². The van der Waals surface area contributed by atoms with Crippen LogP contribution in [-0.4, -0.2) is 10.2 Å². The summed E-state index contributed by atoms with van der Waals surface area (Å²) in [6.07, 6.45) is 2.11. The lowest BCUT2D eigenvalue weighted by atomic mass is 9.79. The molecule has 5 nitrogen and oxygen atoms in total. The maximum atomic E-state index is 9.30. The van der Waals surface area contributed by atoms with Gasteiger partial charge in [0.15, 0.2) is 0 Å².